The summed E-state index contributed by atoms with van der Waals surface area (Å²) >= 11 is 0. The minimum atomic E-state index is -0.606. The molecule has 0 amide bonds. The van der Waals surface area contributed by atoms with Gasteiger partial charge in [0.05, 0.1) is 0 Å². The Hall–Kier alpha value is -2.69. The fraction of sp³-hybridized carbons (Fsp3) is 0.0667. The SMILES string of the molecule is Cc1ccccc1-c1noc(-c2c(O)cccc2F)n1. The van der Waals surface area contributed by atoms with Gasteiger partial charge >= 0.3 is 0 Å². The number of nitrogens with zero attached hydrogens (tertiary/aromatic N) is 2. The zero-order valence-corrected chi connectivity index (χ0v) is 10.7. The van der Waals surface area contributed by atoms with Crippen molar-refractivity contribution >= 4 is 0 Å². The number of hydrogen-bond donors (Lipinski definition) is 1. The number of phenols is 1. The maximum Gasteiger partial charge on any atom is 0.265 e. The third-order valence-corrected chi connectivity index (χ3v) is 3.02. The molecule has 20 heavy (non-hydrogen) atoms. The summed E-state index contributed by atoms with van der Waals surface area (Å²) in [4.78, 5) is 4.16. The van der Waals surface area contributed by atoms with Crippen molar-refractivity contribution in [2.24, 2.45) is 0 Å². The highest BCUT2D eigenvalue weighted by Crippen LogP contribution is 2.32. The average Bonchev–Trinajstić information content (AvgIpc) is 2.88. The van der Waals surface area contributed by atoms with Gasteiger partial charge in [0, 0.05) is 5.56 Å². The monoisotopic (exact) mass is 270 g/mol. The summed E-state index contributed by atoms with van der Waals surface area (Å²) in [7, 11) is 0. The van der Waals surface area contributed by atoms with E-state index >= 15 is 0 Å². The lowest BCUT2D eigenvalue weighted by atomic mass is 10.1. The number of rotatable bonds is 2. The van der Waals surface area contributed by atoms with Gasteiger partial charge in [0.15, 0.2) is 0 Å². The Balaban J connectivity index is 2.10. The van der Waals surface area contributed by atoms with E-state index in [1.165, 1.54) is 18.2 Å². The van der Waals surface area contributed by atoms with Gasteiger partial charge in [0.2, 0.25) is 5.82 Å². The molecule has 3 aromatic rings. The summed E-state index contributed by atoms with van der Waals surface area (Å²) in [6, 6.07) is 11.5. The quantitative estimate of drug-likeness (QED) is 0.773. The summed E-state index contributed by atoms with van der Waals surface area (Å²) < 4.78 is 18.8. The van der Waals surface area contributed by atoms with Crippen molar-refractivity contribution in [1.29, 1.82) is 0 Å². The van der Waals surface area contributed by atoms with Gasteiger partial charge in [-0.3, -0.25) is 0 Å². The van der Waals surface area contributed by atoms with E-state index in [1.807, 2.05) is 31.2 Å². The van der Waals surface area contributed by atoms with Crippen LogP contribution in [0.1, 0.15) is 5.56 Å². The van der Waals surface area contributed by atoms with E-state index in [4.69, 9.17) is 4.52 Å². The highest BCUT2D eigenvalue weighted by Gasteiger charge is 2.18. The lowest BCUT2D eigenvalue weighted by Crippen LogP contribution is -1.87. The molecule has 0 fully saturated rings. The second kappa shape index (κ2) is 4.77. The Kier molecular flexibility index (Phi) is 2.95. The lowest BCUT2D eigenvalue weighted by Gasteiger charge is -2.00. The molecule has 0 aliphatic heterocycles. The first-order chi connectivity index (χ1) is 9.66. The summed E-state index contributed by atoms with van der Waals surface area (Å²) in [5.74, 6) is -0.519. The molecule has 4 nitrogen and oxygen atoms in total. The number of aryl methyl sites for hydroxylation is 1. The first-order valence-electron chi connectivity index (χ1n) is 6.04. The van der Waals surface area contributed by atoms with Crippen molar-refractivity contribution in [3.05, 3.63) is 53.8 Å². The predicted octanol–water partition coefficient (Wildman–Crippen LogP) is 3.56. The van der Waals surface area contributed by atoms with Crippen molar-refractivity contribution in [2.75, 3.05) is 0 Å². The zero-order valence-electron chi connectivity index (χ0n) is 10.7. The van der Waals surface area contributed by atoms with Crippen molar-refractivity contribution in [3.8, 4) is 28.6 Å². The molecule has 0 saturated heterocycles. The van der Waals surface area contributed by atoms with E-state index in [1.54, 1.807) is 0 Å². The standard InChI is InChI=1S/C15H11FN2O2/c1-9-5-2-3-6-10(9)14-17-15(20-18-14)13-11(16)7-4-8-12(13)19/h2-8,19H,1H3. The normalized spacial score (nSPS) is 10.7. The van der Waals surface area contributed by atoms with Crippen LogP contribution in [0.2, 0.25) is 0 Å². The van der Waals surface area contributed by atoms with Crippen molar-refractivity contribution < 1.29 is 14.0 Å². The van der Waals surface area contributed by atoms with Gasteiger partial charge < -0.3 is 9.63 Å². The molecule has 0 atom stereocenters. The fourth-order valence-corrected chi connectivity index (χ4v) is 1.98. The molecular formula is C15H11FN2O2. The van der Waals surface area contributed by atoms with Crippen LogP contribution in [0.25, 0.3) is 22.8 Å². The molecule has 0 bridgehead atoms. The summed E-state index contributed by atoms with van der Waals surface area (Å²) in [5.41, 5.74) is 1.70. The number of phenolic OH excluding ortho intramolecular Hbond substituents is 1. The molecule has 1 heterocycles. The second-order valence-corrected chi connectivity index (χ2v) is 4.37. The molecule has 1 N–H and O–H groups in total. The van der Waals surface area contributed by atoms with Crippen molar-refractivity contribution in [3.63, 3.8) is 0 Å². The van der Waals surface area contributed by atoms with Crippen LogP contribution in [-0.4, -0.2) is 15.2 Å². The topological polar surface area (TPSA) is 59.2 Å². The maximum absolute atomic E-state index is 13.7. The summed E-state index contributed by atoms with van der Waals surface area (Å²) in [5, 5.41) is 13.6. The molecule has 0 spiro atoms. The Morgan fingerprint density at radius 3 is 2.65 bits per heavy atom. The average molecular weight is 270 g/mol. The Bertz CT molecular complexity index is 748. The van der Waals surface area contributed by atoms with Gasteiger partial charge in [0.25, 0.3) is 5.89 Å². The van der Waals surface area contributed by atoms with Gasteiger partial charge in [-0.25, -0.2) is 4.39 Å². The van der Waals surface area contributed by atoms with E-state index in [0.29, 0.717) is 5.82 Å². The van der Waals surface area contributed by atoms with Gasteiger partial charge in [-0.1, -0.05) is 35.5 Å². The van der Waals surface area contributed by atoms with Crippen molar-refractivity contribution in [2.45, 2.75) is 6.92 Å². The predicted molar refractivity (Wildman–Crippen MR) is 71.5 cm³/mol. The van der Waals surface area contributed by atoms with Crippen LogP contribution in [0.5, 0.6) is 5.75 Å². The van der Waals surface area contributed by atoms with E-state index in [0.717, 1.165) is 11.1 Å². The molecule has 0 aliphatic carbocycles. The molecule has 3 rings (SSSR count). The fourth-order valence-electron chi connectivity index (χ4n) is 1.98. The number of hydrogen-bond acceptors (Lipinski definition) is 4. The van der Waals surface area contributed by atoms with E-state index in [2.05, 4.69) is 10.1 Å². The third-order valence-electron chi connectivity index (χ3n) is 3.02. The molecule has 2 aromatic carbocycles. The van der Waals surface area contributed by atoms with E-state index in [-0.39, 0.29) is 17.2 Å². The Morgan fingerprint density at radius 2 is 1.90 bits per heavy atom. The summed E-state index contributed by atoms with van der Waals surface area (Å²) in [6.45, 7) is 1.92. The lowest BCUT2D eigenvalue weighted by molar-refractivity contribution is 0.421. The van der Waals surface area contributed by atoms with Crippen LogP contribution in [0.15, 0.2) is 47.0 Å². The zero-order chi connectivity index (χ0) is 14.1. The first kappa shape index (κ1) is 12.3. The third kappa shape index (κ3) is 2.03. The minimum Gasteiger partial charge on any atom is -0.507 e. The van der Waals surface area contributed by atoms with Gasteiger partial charge in [-0.2, -0.15) is 4.98 Å². The minimum absolute atomic E-state index is 0.0427. The largest absolute Gasteiger partial charge is 0.507 e. The maximum atomic E-state index is 13.7. The highest BCUT2D eigenvalue weighted by molar-refractivity contribution is 5.66. The first-order valence-corrected chi connectivity index (χ1v) is 6.04. The number of aromatic hydroxyl groups is 1. The molecule has 0 radical (unpaired) electrons. The van der Waals surface area contributed by atoms with E-state index in [9.17, 15) is 9.50 Å². The summed E-state index contributed by atoms with van der Waals surface area (Å²) in [6.07, 6.45) is 0. The van der Waals surface area contributed by atoms with Gasteiger partial charge in [-0.05, 0) is 24.6 Å². The molecular weight excluding hydrogens is 259 g/mol. The van der Waals surface area contributed by atoms with Crippen LogP contribution in [0.4, 0.5) is 4.39 Å². The smallest absolute Gasteiger partial charge is 0.265 e. The van der Waals surface area contributed by atoms with Gasteiger partial charge in [0.1, 0.15) is 17.1 Å². The highest BCUT2D eigenvalue weighted by atomic mass is 19.1. The van der Waals surface area contributed by atoms with Gasteiger partial charge in [-0.15, -0.1) is 0 Å². The molecule has 0 saturated carbocycles. The van der Waals surface area contributed by atoms with E-state index < -0.39 is 5.82 Å². The van der Waals surface area contributed by atoms with Crippen LogP contribution in [0.3, 0.4) is 0 Å². The Labute approximate surface area is 114 Å². The molecule has 5 heteroatoms. The Morgan fingerprint density at radius 1 is 1.10 bits per heavy atom. The van der Waals surface area contributed by atoms with Crippen LogP contribution < -0.4 is 0 Å². The molecule has 0 aliphatic rings. The van der Waals surface area contributed by atoms with Crippen LogP contribution >= 0.6 is 0 Å². The molecule has 1 aromatic heterocycles. The second-order valence-electron chi connectivity index (χ2n) is 4.37. The number of aromatic nitrogens is 2. The number of benzene rings is 2. The van der Waals surface area contributed by atoms with Crippen LogP contribution in [0, 0.1) is 12.7 Å². The van der Waals surface area contributed by atoms with Crippen molar-refractivity contribution in [1.82, 2.24) is 10.1 Å². The molecule has 100 valence electrons. The molecule has 0 unspecified atom stereocenters. The number of halogens is 1. The van der Waals surface area contributed by atoms with Crippen LogP contribution in [-0.2, 0) is 0 Å².